The summed E-state index contributed by atoms with van der Waals surface area (Å²) in [4.78, 5) is 30.2. The number of rotatable bonds is 5. The molecule has 9 heteroatoms. The van der Waals surface area contributed by atoms with Crippen molar-refractivity contribution in [3.05, 3.63) is 12.1 Å². The quantitative estimate of drug-likeness (QED) is 0.826. The Hall–Kier alpha value is -2.58. The summed E-state index contributed by atoms with van der Waals surface area (Å²) in [5.74, 6) is 1.69. The van der Waals surface area contributed by atoms with Gasteiger partial charge in [-0.1, -0.05) is 12.8 Å². The number of amides is 3. The molecular weight excluding hydrogens is 360 g/mol. The predicted molar refractivity (Wildman–Crippen MR) is 103 cm³/mol. The van der Waals surface area contributed by atoms with Gasteiger partial charge in [0.15, 0.2) is 5.82 Å². The second kappa shape index (κ2) is 8.62. The Kier molecular flexibility index (Phi) is 5.78. The average molecular weight is 388 g/mol. The molecule has 2 saturated heterocycles. The molecule has 28 heavy (non-hydrogen) atoms. The normalized spacial score (nSPS) is 19.6. The third-order valence-corrected chi connectivity index (χ3v) is 5.59. The molecule has 0 spiro atoms. The van der Waals surface area contributed by atoms with Crippen molar-refractivity contribution >= 4 is 17.9 Å². The zero-order valence-corrected chi connectivity index (χ0v) is 16.2. The molecule has 0 radical (unpaired) electrons. The van der Waals surface area contributed by atoms with Crippen molar-refractivity contribution in [1.82, 2.24) is 25.3 Å². The van der Waals surface area contributed by atoms with Gasteiger partial charge in [-0.05, 0) is 31.2 Å². The monoisotopic (exact) mass is 388 g/mol. The molecule has 0 atom stereocenters. The standard InChI is InChI=1S/C19H28N6O3/c26-18(20-8-7-15-3-4-15)28-17-6-5-16(21-22-17)23-11-13-25(14-12-23)19(27)24-9-1-2-10-24/h5-6,15H,1-4,7-14H2,(H,20,26). The van der Waals surface area contributed by atoms with E-state index >= 15 is 0 Å². The Balaban J connectivity index is 1.21. The van der Waals surface area contributed by atoms with Crippen molar-refractivity contribution in [1.29, 1.82) is 0 Å². The fourth-order valence-corrected chi connectivity index (χ4v) is 3.69. The Morgan fingerprint density at radius 2 is 1.71 bits per heavy atom. The van der Waals surface area contributed by atoms with Crippen molar-refractivity contribution in [2.24, 2.45) is 5.92 Å². The molecule has 1 N–H and O–H groups in total. The van der Waals surface area contributed by atoms with E-state index in [1.165, 1.54) is 12.8 Å². The number of carbonyl (C=O) groups excluding carboxylic acids is 2. The number of piperazine rings is 1. The van der Waals surface area contributed by atoms with Crippen LogP contribution in [0.25, 0.3) is 0 Å². The third-order valence-electron chi connectivity index (χ3n) is 5.59. The van der Waals surface area contributed by atoms with E-state index in [9.17, 15) is 9.59 Å². The largest absolute Gasteiger partial charge is 0.413 e. The number of urea groups is 1. The number of carbonyl (C=O) groups is 2. The van der Waals surface area contributed by atoms with Gasteiger partial charge in [0.2, 0.25) is 5.88 Å². The summed E-state index contributed by atoms with van der Waals surface area (Å²) < 4.78 is 5.16. The third kappa shape index (κ3) is 4.82. The van der Waals surface area contributed by atoms with Crippen LogP contribution >= 0.6 is 0 Å². The van der Waals surface area contributed by atoms with Crippen molar-refractivity contribution in [3.8, 4) is 5.88 Å². The fourth-order valence-electron chi connectivity index (χ4n) is 3.69. The van der Waals surface area contributed by atoms with Crippen LogP contribution in [0.2, 0.25) is 0 Å². The minimum atomic E-state index is -0.489. The molecule has 0 aromatic carbocycles. The van der Waals surface area contributed by atoms with Crippen LogP contribution in [-0.4, -0.2) is 77.9 Å². The lowest BCUT2D eigenvalue weighted by Gasteiger charge is -2.36. The number of nitrogens with one attached hydrogen (secondary N) is 1. The summed E-state index contributed by atoms with van der Waals surface area (Å²) in [6.45, 7) is 5.18. The van der Waals surface area contributed by atoms with E-state index in [-0.39, 0.29) is 11.9 Å². The highest BCUT2D eigenvalue weighted by atomic mass is 16.6. The summed E-state index contributed by atoms with van der Waals surface area (Å²) in [5.41, 5.74) is 0. The predicted octanol–water partition coefficient (Wildman–Crippen LogP) is 1.70. The maximum Gasteiger partial charge on any atom is 0.413 e. The number of aromatic nitrogens is 2. The highest BCUT2D eigenvalue weighted by molar-refractivity contribution is 5.75. The van der Waals surface area contributed by atoms with Crippen LogP contribution in [0.4, 0.5) is 15.4 Å². The van der Waals surface area contributed by atoms with Crippen molar-refractivity contribution in [3.63, 3.8) is 0 Å². The Morgan fingerprint density at radius 1 is 1.00 bits per heavy atom. The number of hydrogen-bond acceptors (Lipinski definition) is 6. The van der Waals surface area contributed by atoms with E-state index in [2.05, 4.69) is 20.4 Å². The van der Waals surface area contributed by atoms with Gasteiger partial charge in [-0.25, -0.2) is 9.59 Å². The fraction of sp³-hybridized carbons (Fsp3) is 0.684. The lowest BCUT2D eigenvalue weighted by Crippen LogP contribution is -2.52. The van der Waals surface area contributed by atoms with Gasteiger partial charge in [-0.15, -0.1) is 10.2 Å². The molecule has 1 aliphatic carbocycles. The van der Waals surface area contributed by atoms with E-state index in [0.29, 0.717) is 19.6 Å². The molecule has 152 valence electrons. The molecule has 3 amide bonds. The molecule has 1 aromatic heterocycles. The lowest BCUT2D eigenvalue weighted by molar-refractivity contribution is 0.159. The summed E-state index contributed by atoms with van der Waals surface area (Å²) in [6.07, 6.45) is 5.26. The summed E-state index contributed by atoms with van der Waals surface area (Å²) in [7, 11) is 0. The molecular formula is C19H28N6O3. The highest BCUT2D eigenvalue weighted by Crippen LogP contribution is 2.31. The SMILES string of the molecule is O=C(NCCC1CC1)Oc1ccc(N2CCN(C(=O)N3CCCC3)CC2)nn1. The second-order valence-corrected chi connectivity index (χ2v) is 7.73. The van der Waals surface area contributed by atoms with Gasteiger partial charge in [0.1, 0.15) is 0 Å². The maximum atomic E-state index is 12.5. The molecule has 9 nitrogen and oxygen atoms in total. The molecule has 2 aliphatic heterocycles. The Bertz CT molecular complexity index is 679. The smallest absolute Gasteiger partial charge is 0.390 e. The zero-order chi connectivity index (χ0) is 19.3. The first-order valence-corrected chi connectivity index (χ1v) is 10.3. The molecule has 3 heterocycles. The first-order chi connectivity index (χ1) is 13.7. The molecule has 4 rings (SSSR count). The molecule has 0 unspecified atom stereocenters. The van der Waals surface area contributed by atoms with Gasteiger partial charge in [0, 0.05) is 51.9 Å². The number of hydrogen-bond donors (Lipinski definition) is 1. The number of likely N-dealkylation sites (tertiary alicyclic amines) is 1. The van der Waals surface area contributed by atoms with Crippen LogP contribution in [-0.2, 0) is 0 Å². The van der Waals surface area contributed by atoms with E-state index in [1.54, 1.807) is 12.1 Å². The van der Waals surface area contributed by atoms with E-state index in [0.717, 1.165) is 57.2 Å². The second-order valence-electron chi connectivity index (χ2n) is 7.73. The average Bonchev–Trinajstić information content (AvgIpc) is 3.38. The topological polar surface area (TPSA) is 90.9 Å². The van der Waals surface area contributed by atoms with Gasteiger partial charge < -0.3 is 24.8 Å². The van der Waals surface area contributed by atoms with E-state index < -0.39 is 6.09 Å². The summed E-state index contributed by atoms with van der Waals surface area (Å²) in [6, 6.07) is 3.61. The first-order valence-electron chi connectivity index (χ1n) is 10.3. The van der Waals surface area contributed by atoms with E-state index in [4.69, 9.17) is 4.74 Å². The zero-order valence-electron chi connectivity index (χ0n) is 16.2. The molecule has 3 aliphatic rings. The van der Waals surface area contributed by atoms with Crippen LogP contribution in [0.1, 0.15) is 32.1 Å². The van der Waals surface area contributed by atoms with Crippen LogP contribution in [0, 0.1) is 5.92 Å². The van der Waals surface area contributed by atoms with Crippen LogP contribution < -0.4 is 15.0 Å². The van der Waals surface area contributed by atoms with Crippen LogP contribution in [0.5, 0.6) is 5.88 Å². The molecule has 0 bridgehead atoms. The van der Waals surface area contributed by atoms with E-state index in [1.807, 2.05) is 9.80 Å². The summed E-state index contributed by atoms with van der Waals surface area (Å²) >= 11 is 0. The Morgan fingerprint density at radius 3 is 2.36 bits per heavy atom. The van der Waals surface area contributed by atoms with Gasteiger partial charge in [0.05, 0.1) is 0 Å². The van der Waals surface area contributed by atoms with Crippen LogP contribution in [0.15, 0.2) is 12.1 Å². The number of nitrogens with zero attached hydrogens (tertiary/aromatic N) is 5. The Labute approximate surface area is 165 Å². The van der Waals surface area contributed by atoms with Gasteiger partial charge in [0.25, 0.3) is 0 Å². The van der Waals surface area contributed by atoms with Gasteiger partial charge in [-0.3, -0.25) is 0 Å². The minimum Gasteiger partial charge on any atom is -0.390 e. The first kappa shape index (κ1) is 18.8. The van der Waals surface area contributed by atoms with Gasteiger partial charge >= 0.3 is 12.1 Å². The van der Waals surface area contributed by atoms with Gasteiger partial charge in [-0.2, -0.15) is 0 Å². The van der Waals surface area contributed by atoms with Crippen molar-refractivity contribution in [2.45, 2.75) is 32.1 Å². The van der Waals surface area contributed by atoms with Crippen molar-refractivity contribution < 1.29 is 14.3 Å². The lowest BCUT2D eigenvalue weighted by atomic mass is 10.3. The minimum absolute atomic E-state index is 0.152. The number of ether oxygens (including phenoxy) is 1. The van der Waals surface area contributed by atoms with Crippen LogP contribution in [0.3, 0.4) is 0 Å². The summed E-state index contributed by atoms with van der Waals surface area (Å²) in [5, 5.41) is 10.9. The molecule has 1 saturated carbocycles. The number of anilines is 1. The van der Waals surface area contributed by atoms with Crippen molar-refractivity contribution in [2.75, 3.05) is 50.7 Å². The highest BCUT2D eigenvalue weighted by Gasteiger charge is 2.27. The molecule has 1 aromatic rings. The maximum absolute atomic E-state index is 12.5. The molecule has 3 fully saturated rings.